The fourth-order valence-corrected chi connectivity index (χ4v) is 6.25. The standard InChI is InChI=1S/C23H30N2O3S2/c1-17-13-14-21(18(2)15-17)29-16-23(26)24-20-11-7-8-12-22(20)30(27,28)25(3)19-9-5-4-6-10-19/h7-8,11-15,19H,4-6,9-10,16H2,1-3H3,(H,24,26). The number of rotatable bonds is 7. The first-order valence-corrected chi connectivity index (χ1v) is 12.8. The molecule has 2 aromatic carbocycles. The molecule has 0 aromatic heterocycles. The van der Waals surface area contributed by atoms with Gasteiger partial charge in [0.15, 0.2) is 0 Å². The molecule has 1 aliphatic carbocycles. The Morgan fingerprint density at radius 2 is 1.80 bits per heavy atom. The number of anilines is 1. The van der Waals surface area contributed by atoms with E-state index in [0.717, 1.165) is 42.6 Å². The highest BCUT2D eigenvalue weighted by Crippen LogP contribution is 2.30. The number of amides is 1. The molecule has 0 aliphatic heterocycles. The normalized spacial score (nSPS) is 15.3. The van der Waals surface area contributed by atoms with E-state index in [9.17, 15) is 13.2 Å². The molecule has 0 unspecified atom stereocenters. The maximum atomic E-state index is 13.3. The second-order valence-corrected chi connectivity index (χ2v) is 10.9. The van der Waals surface area contributed by atoms with E-state index in [0.29, 0.717) is 5.69 Å². The second kappa shape index (κ2) is 9.98. The predicted octanol–water partition coefficient (Wildman–Crippen LogP) is 4.99. The van der Waals surface area contributed by atoms with Crippen molar-refractivity contribution in [2.45, 2.75) is 61.8 Å². The molecule has 162 valence electrons. The molecule has 1 fully saturated rings. The van der Waals surface area contributed by atoms with Crippen LogP contribution in [0, 0.1) is 13.8 Å². The summed E-state index contributed by atoms with van der Waals surface area (Å²) in [6.45, 7) is 4.06. The van der Waals surface area contributed by atoms with Crippen molar-refractivity contribution in [3.63, 3.8) is 0 Å². The van der Waals surface area contributed by atoms with E-state index in [4.69, 9.17) is 0 Å². The lowest BCUT2D eigenvalue weighted by Crippen LogP contribution is -2.38. The highest BCUT2D eigenvalue weighted by atomic mass is 32.2. The van der Waals surface area contributed by atoms with Gasteiger partial charge in [-0.25, -0.2) is 8.42 Å². The van der Waals surface area contributed by atoms with Crippen molar-refractivity contribution in [2.75, 3.05) is 18.1 Å². The number of carbonyl (C=O) groups excluding carboxylic acids is 1. The Hall–Kier alpha value is -1.83. The maximum Gasteiger partial charge on any atom is 0.245 e. The van der Waals surface area contributed by atoms with Gasteiger partial charge in [0, 0.05) is 18.0 Å². The molecule has 1 aliphatic rings. The Balaban J connectivity index is 1.72. The Bertz CT molecular complexity index is 999. The lowest BCUT2D eigenvalue weighted by Gasteiger charge is -2.30. The molecule has 30 heavy (non-hydrogen) atoms. The molecule has 1 amide bonds. The van der Waals surface area contributed by atoms with Gasteiger partial charge >= 0.3 is 0 Å². The number of hydrogen-bond acceptors (Lipinski definition) is 4. The van der Waals surface area contributed by atoms with Crippen molar-refractivity contribution in [1.29, 1.82) is 0 Å². The highest BCUT2D eigenvalue weighted by Gasteiger charge is 2.30. The third-order valence-corrected chi connectivity index (χ3v) is 8.74. The fraction of sp³-hybridized carbons (Fsp3) is 0.435. The summed E-state index contributed by atoms with van der Waals surface area (Å²) in [6.07, 6.45) is 5.04. The average molecular weight is 447 g/mol. The first-order valence-electron chi connectivity index (χ1n) is 10.4. The minimum absolute atomic E-state index is 0.0209. The lowest BCUT2D eigenvalue weighted by molar-refractivity contribution is -0.113. The molecule has 0 radical (unpaired) electrons. The molecule has 7 heteroatoms. The van der Waals surface area contributed by atoms with Gasteiger partial charge in [0.05, 0.1) is 11.4 Å². The summed E-state index contributed by atoms with van der Waals surface area (Å²) in [5.41, 5.74) is 2.65. The summed E-state index contributed by atoms with van der Waals surface area (Å²) >= 11 is 1.45. The smallest absolute Gasteiger partial charge is 0.245 e. The van der Waals surface area contributed by atoms with E-state index in [1.807, 2.05) is 26.0 Å². The molecule has 0 bridgehead atoms. The van der Waals surface area contributed by atoms with Crippen LogP contribution in [0.25, 0.3) is 0 Å². The van der Waals surface area contributed by atoms with Crippen molar-refractivity contribution in [3.8, 4) is 0 Å². The van der Waals surface area contributed by atoms with Crippen LogP contribution in [0.3, 0.4) is 0 Å². The van der Waals surface area contributed by atoms with Crippen molar-refractivity contribution in [3.05, 3.63) is 53.6 Å². The molecule has 0 spiro atoms. The Labute approximate surface area is 184 Å². The molecule has 0 atom stereocenters. The third-order valence-electron chi connectivity index (χ3n) is 5.60. The minimum Gasteiger partial charge on any atom is -0.324 e. The number of hydrogen-bond donors (Lipinski definition) is 1. The SMILES string of the molecule is Cc1ccc(SCC(=O)Nc2ccccc2S(=O)(=O)N(C)C2CCCCC2)c(C)c1. The monoisotopic (exact) mass is 446 g/mol. The Morgan fingerprint density at radius 1 is 1.10 bits per heavy atom. The van der Waals surface area contributed by atoms with Gasteiger partial charge in [-0.3, -0.25) is 4.79 Å². The summed E-state index contributed by atoms with van der Waals surface area (Å²) in [5, 5.41) is 2.81. The van der Waals surface area contributed by atoms with Crippen LogP contribution in [0.4, 0.5) is 5.69 Å². The zero-order valence-corrected chi connectivity index (χ0v) is 19.5. The highest BCUT2D eigenvalue weighted by molar-refractivity contribution is 8.00. The van der Waals surface area contributed by atoms with E-state index in [2.05, 4.69) is 11.4 Å². The number of benzene rings is 2. The van der Waals surface area contributed by atoms with E-state index in [1.165, 1.54) is 21.6 Å². The van der Waals surface area contributed by atoms with Gasteiger partial charge in [-0.15, -0.1) is 11.8 Å². The molecule has 3 rings (SSSR count). The van der Waals surface area contributed by atoms with Crippen molar-refractivity contribution in [2.24, 2.45) is 0 Å². The number of aryl methyl sites for hydroxylation is 2. The second-order valence-electron chi connectivity index (χ2n) is 7.92. The summed E-state index contributed by atoms with van der Waals surface area (Å²) in [6, 6.07) is 12.8. The molecule has 1 saturated carbocycles. The number of nitrogens with zero attached hydrogens (tertiary/aromatic N) is 1. The molecular weight excluding hydrogens is 416 g/mol. The molecule has 5 nitrogen and oxygen atoms in total. The predicted molar refractivity (Wildman–Crippen MR) is 124 cm³/mol. The van der Waals surface area contributed by atoms with Crippen LogP contribution in [0.15, 0.2) is 52.3 Å². The number of sulfonamides is 1. The van der Waals surface area contributed by atoms with Gasteiger partial charge in [-0.1, -0.05) is 49.1 Å². The third kappa shape index (κ3) is 5.45. The van der Waals surface area contributed by atoms with E-state index in [1.54, 1.807) is 31.3 Å². The molecule has 0 heterocycles. The van der Waals surface area contributed by atoms with E-state index >= 15 is 0 Å². The van der Waals surface area contributed by atoms with Crippen LogP contribution >= 0.6 is 11.8 Å². The van der Waals surface area contributed by atoms with Gasteiger partial charge in [-0.05, 0) is 50.5 Å². The van der Waals surface area contributed by atoms with Crippen molar-refractivity contribution in [1.82, 2.24) is 4.31 Å². The topological polar surface area (TPSA) is 66.5 Å². The fourth-order valence-electron chi connectivity index (χ4n) is 3.88. The lowest BCUT2D eigenvalue weighted by atomic mass is 9.96. The summed E-state index contributed by atoms with van der Waals surface area (Å²) in [5.74, 6) is -0.000501. The van der Waals surface area contributed by atoms with Crippen LogP contribution in [-0.2, 0) is 14.8 Å². The number of nitrogens with one attached hydrogen (secondary N) is 1. The van der Waals surface area contributed by atoms with Crippen LogP contribution in [-0.4, -0.2) is 37.5 Å². The summed E-state index contributed by atoms with van der Waals surface area (Å²) in [7, 11) is -2.03. The van der Waals surface area contributed by atoms with E-state index < -0.39 is 10.0 Å². The van der Waals surface area contributed by atoms with Crippen molar-refractivity contribution >= 4 is 33.4 Å². The zero-order chi connectivity index (χ0) is 21.7. The van der Waals surface area contributed by atoms with E-state index in [-0.39, 0.29) is 22.6 Å². The van der Waals surface area contributed by atoms with Gasteiger partial charge in [0.25, 0.3) is 0 Å². The number of carbonyl (C=O) groups is 1. The van der Waals surface area contributed by atoms with Gasteiger partial charge in [0.1, 0.15) is 4.90 Å². The van der Waals surface area contributed by atoms with Crippen LogP contribution in [0.1, 0.15) is 43.2 Å². The first kappa shape index (κ1) is 22.8. The largest absolute Gasteiger partial charge is 0.324 e. The molecular formula is C23H30N2O3S2. The average Bonchev–Trinajstić information content (AvgIpc) is 2.73. The van der Waals surface area contributed by atoms with Crippen LogP contribution in [0.5, 0.6) is 0 Å². The summed E-state index contributed by atoms with van der Waals surface area (Å²) < 4.78 is 28.0. The number of thioether (sulfide) groups is 1. The van der Waals surface area contributed by atoms with Crippen molar-refractivity contribution < 1.29 is 13.2 Å². The molecule has 2 aromatic rings. The molecule has 0 saturated heterocycles. The minimum atomic E-state index is -3.68. The zero-order valence-electron chi connectivity index (χ0n) is 17.8. The first-order chi connectivity index (χ1) is 14.3. The van der Waals surface area contributed by atoms with Gasteiger partial charge in [-0.2, -0.15) is 4.31 Å². The Morgan fingerprint density at radius 3 is 2.50 bits per heavy atom. The summed E-state index contributed by atoms with van der Waals surface area (Å²) in [4.78, 5) is 13.8. The quantitative estimate of drug-likeness (QED) is 0.609. The number of para-hydroxylation sites is 1. The molecule has 1 N–H and O–H groups in total. The Kier molecular flexibility index (Phi) is 7.60. The van der Waals surface area contributed by atoms with Crippen LogP contribution < -0.4 is 5.32 Å². The van der Waals surface area contributed by atoms with Crippen LogP contribution in [0.2, 0.25) is 0 Å². The van der Waals surface area contributed by atoms with Gasteiger partial charge < -0.3 is 5.32 Å². The van der Waals surface area contributed by atoms with Gasteiger partial charge in [0.2, 0.25) is 15.9 Å². The maximum absolute atomic E-state index is 13.3.